The Morgan fingerprint density at radius 1 is 1.47 bits per heavy atom. The van der Waals surface area contributed by atoms with E-state index in [2.05, 4.69) is 9.97 Å². The number of sulfone groups is 1. The third-order valence-electron chi connectivity index (χ3n) is 3.40. The fourth-order valence-corrected chi connectivity index (χ4v) is 3.14. The van der Waals surface area contributed by atoms with Gasteiger partial charge in [0, 0.05) is 12.9 Å². The van der Waals surface area contributed by atoms with E-state index in [0.29, 0.717) is 36.5 Å². The van der Waals surface area contributed by atoms with Crippen LogP contribution in [0.15, 0.2) is 23.1 Å². The Balaban J connectivity index is 2.21. The van der Waals surface area contributed by atoms with Gasteiger partial charge in [-0.2, -0.15) is 0 Å². The second-order valence-electron chi connectivity index (χ2n) is 4.97. The Kier molecular flexibility index (Phi) is 2.67. The van der Waals surface area contributed by atoms with Crippen LogP contribution in [0.1, 0.15) is 12.2 Å². The highest BCUT2D eigenvalue weighted by molar-refractivity contribution is 7.91. The average Bonchev–Trinajstić information content (AvgIpc) is 2.93. The van der Waals surface area contributed by atoms with Gasteiger partial charge >= 0.3 is 0 Å². The molecule has 6 nitrogen and oxygen atoms in total. The molecule has 3 rings (SSSR count). The maximum atomic E-state index is 11.7. The minimum absolute atomic E-state index is 0.218. The van der Waals surface area contributed by atoms with Crippen molar-refractivity contribution >= 4 is 20.9 Å². The molecule has 19 heavy (non-hydrogen) atoms. The summed E-state index contributed by atoms with van der Waals surface area (Å²) in [6, 6.07) is 5.03. The Morgan fingerprint density at radius 2 is 2.26 bits per heavy atom. The summed E-state index contributed by atoms with van der Waals surface area (Å²) < 4.78 is 28.8. The summed E-state index contributed by atoms with van der Waals surface area (Å²) in [5.74, 6) is 0.580. The van der Waals surface area contributed by atoms with Crippen LogP contribution in [0.5, 0.6) is 0 Å². The van der Waals surface area contributed by atoms with E-state index in [1.165, 1.54) is 6.26 Å². The molecule has 1 fully saturated rings. The van der Waals surface area contributed by atoms with Gasteiger partial charge in [0.15, 0.2) is 9.84 Å². The van der Waals surface area contributed by atoms with Crippen LogP contribution in [0, 0.1) is 0 Å². The zero-order valence-corrected chi connectivity index (χ0v) is 11.3. The fraction of sp³-hybridized carbons (Fsp3) is 0.417. The summed E-state index contributed by atoms with van der Waals surface area (Å²) >= 11 is 0. The van der Waals surface area contributed by atoms with Gasteiger partial charge in [-0.1, -0.05) is 6.07 Å². The molecule has 1 unspecified atom stereocenters. The summed E-state index contributed by atoms with van der Waals surface area (Å²) in [4.78, 5) is 7.72. The number of imidazole rings is 1. The highest BCUT2D eigenvalue weighted by Gasteiger charge is 2.35. The van der Waals surface area contributed by atoms with Crippen LogP contribution in [0.4, 0.5) is 0 Å². The molecular weight excluding hydrogens is 266 g/mol. The molecule has 3 N–H and O–H groups in total. The summed E-state index contributed by atoms with van der Waals surface area (Å²) in [7, 11) is -3.31. The molecule has 7 heteroatoms. The first-order valence-electron chi connectivity index (χ1n) is 5.96. The van der Waals surface area contributed by atoms with E-state index in [-0.39, 0.29) is 4.90 Å². The van der Waals surface area contributed by atoms with Gasteiger partial charge in [0.05, 0.1) is 17.0 Å². The number of nitrogens with one attached hydrogen (secondary N) is 1. The lowest BCUT2D eigenvalue weighted by Crippen LogP contribution is -2.38. The van der Waals surface area contributed by atoms with Crippen molar-refractivity contribution in [1.82, 2.24) is 9.97 Å². The first kappa shape index (κ1) is 12.6. The number of fused-ring (bicyclic) bond motifs is 1. The van der Waals surface area contributed by atoms with Crippen LogP contribution >= 0.6 is 0 Å². The number of H-pyrrole nitrogens is 1. The smallest absolute Gasteiger partial charge is 0.177 e. The van der Waals surface area contributed by atoms with Gasteiger partial charge in [-0.25, -0.2) is 13.4 Å². The number of para-hydroxylation sites is 1. The molecule has 0 spiro atoms. The molecule has 0 amide bonds. The Labute approximate surface area is 110 Å². The van der Waals surface area contributed by atoms with Crippen LogP contribution in [0.2, 0.25) is 0 Å². The second-order valence-corrected chi connectivity index (χ2v) is 6.95. The van der Waals surface area contributed by atoms with E-state index in [1.54, 1.807) is 18.2 Å². The van der Waals surface area contributed by atoms with Crippen LogP contribution < -0.4 is 5.73 Å². The fourth-order valence-electron chi connectivity index (χ4n) is 2.31. The van der Waals surface area contributed by atoms with Gasteiger partial charge in [0.25, 0.3) is 0 Å². The van der Waals surface area contributed by atoms with E-state index >= 15 is 0 Å². The number of ether oxygens (including phenoxy) is 1. The first-order valence-corrected chi connectivity index (χ1v) is 7.85. The molecule has 0 bridgehead atoms. The Hall–Kier alpha value is -1.44. The molecular formula is C12H15N3O3S. The summed E-state index contributed by atoms with van der Waals surface area (Å²) in [5.41, 5.74) is 6.69. The lowest BCUT2D eigenvalue weighted by Gasteiger charge is -2.17. The zero-order chi connectivity index (χ0) is 13.7. The molecule has 1 aliphatic rings. The lowest BCUT2D eigenvalue weighted by atomic mass is 10.00. The van der Waals surface area contributed by atoms with Crippen molar-refractivity contribution in [2.24, 2.45) is 5.73 Å². The molecule has 1 atom stereocenters. The monoisotopic (exact) mass is 281 g/mol. The minimum atomic E-state index is -3.31. The molecule has 1 aromatic heterocycles. The second kappa shape index (κ2) is 4.03. The van der Waals surface area contributed by atoms with Crippen LogP contribution in [-0.2, 0) is 20.1 Å². The van der Waals surface area contributed by atoms with Crippen molar-refractivity contribution < 1.29 is 13.2 Å². The number of hydrogen-bond donors (Lipinski definition) is 2. The van der Waals surface area contributed by atoms with E-state index in [0.717, 1.165) is 0 Å². The third-order valence-corrected chi connectivity index (χ3v) is 4.53. The molecule has 1 aliphatic heterocycles. The topological polar surface area (TPSA) is 98.1 Å². The van der Waals surface area contributed by atoms with Crippen LogP contribution in [0.3, 0.4) is 0 Å². The van der Waals surface area contributed by atoms with E-state index < -0.39 is 15.4 Å². The average molecular weight is 281 g/mol. The maximum Gasteiger partial charge on any atom is 0.177 e. The molecule has 1 aromatic carbocycles. The summed E-state index contributed by atoms with van der Waals surface area (Å²) in [6.45, 7) is 0.980. The van der Waals surface area contributed by atoms with Crippen LogP contribution in [0.25, 0.3) is 11.0 Å². The normalized spacial score (nSPS) is 24.1. The highest BCUT2D eigenvalue weighted by atomic mass is 32.2. The Bertz CT molecular complexity index is 730. The van der Waals surface area contributed by atoms with Gasteiger partial charge < -0.3 is 15.5 Å². The van der Waals surface area contributed by atoms with Gasteiger partial charge in [-0.3, -0.25) is 0 Å². The number of aromatic amines is 1. The van der Waals surface area contributed by atoms with Gasteiger partial charge in [0.1, 0.15) is 16.9 Å². The number of aromatic nitrogens is 2. The van der Waals surface area contributed by atoms with Gasteiger partial charge in [-0.15, -0.1) is 0 Å². The molecule has 0 saturated carbocycles. The van der Waals surface area contributed by atoms with E-state index in [4.69, 9.17) is 10.5 Å². The third kappa shape index (κ3) is 2.03. The number of nitrogens with zero attached hydrogens (tertiary/aromatic N) is 1. The van der Waals surface area contributed by atoms with Crippen molar-refractivity contribution in [3.05, 3.63) is 24.0 Å². The van der Waals surface area contributed by atoms with Gasteiger partial charge in [-0.05, 0) is 18.6 Å². The van der Waals surface area contributed by atoms with Crippen molar-refractivity contribution in [3.63, 3.8) is 0 Å². The van der Waals surface area contributed by atoms with Crippen molar-refractivity contribution in [1.29, 1.82) is 0 Å². The minimum Gasteiger partial charge on any atom is -0.379 e. The SMILES string of the molecule is CS(=O)(=O)c1cccc2[nH]c(C3(N)CCOC3)nc12. The Morgan fingerprint density at radius 3 is 2.89 bits per heavy atom. The number of hydrogen-bond acceptors (Lipinski definition) is 5. The van der Waals surface area contributed by atoms with Crippen molar-refractivity contribution in [3.8, 4) is 0 Å². The maximum absolute atomic E-state index is 11.7. The first-order chi connectivity index (χ1) is 8.90. The largest absolute Gasteiger partial charge is 0.379 e. The molecule has 102 valence electrons. The molecule has 2 heterocycles. The van der Waals surface area contributed by atoms with E-state index in [1.807, 2.05) is 0 Å². The number of nitrogens with two attached hydrogens (primary N) is 1. The standard InChI is InChI=1S/C12H15N3O3S/c1-19(16,17)9-4-2-3-8-10(9)15-11(14-8)12(13)5-6-18-7-12/h2-4H,5-7,13H2,1H3,(H,14,15). The molecule has 0 radical (unpaired) electrons. The van der Waals surface area contributed by atoms with Crippen molar-refractivity contribution in [2.45, 2.75) is 16.9 Å². The quantitative estimate of drug-likeness (QED) is 0.837. The molecule has 0 aliphatic carbocycles. The van der Waals surface area contributed by atoms with Gasteiger partial charge in [0.2, 0.25) is 0 Å². The lowest BCUT2D eigenvalue weighted by molar-refractivity contribution is 0.176. The number of benzene rings is 1. The van der Waals surface area contributed by atoms with E-state index in [9.17, 15) is 8.42 Å². The highest BCUT2D eigenvalue weighted by Crippen LogP contribution is 2.29. The van der Waals surface area contributed by atoms with Crippen molar-refractivity contribution in [2.75, 3.05) is 19.5 Å². The molecule has 2 aromatic rings. The number of rotatable bonds is 2. The predicted molar refractivity (Wildman–Crippen MR) is 70.5 cm³/mol. The predicted octanol–water partition coefficient (Wildman–Crippen LogP) is 0.541. The van der Waals surface area contributed by atoms with Crippen LogP contribution in [-0.4, -0.2) is 37.9 Å². The summed E-state index contributed by atoms with van der Waals surface area (Å²) in [5, 5.41) is 0. The zero-order valence-electron chi connectivity index (χ0n) is 10.5. The molecule has 1 saturated heterocycles. The summed E-state index contributed by atoms with van der Waals surface area (Å²) in [6.07, 6.45) is 1.84.